The molecule has 2 aliphatic heterocycles. The van der Waals surface area contributed by atoms with Gasteiger partial charge in [-0.15, -0.1) is 0 Å². The van der Waals surface area contributed by atoms with E-state index in [-0.39, 0.29) is 24.4 Å². The van der Waals surface area contributed by atoms with Gasteiger partial charge in [-0.1, -0.05) is 25.5 Å². The minimum Gasteiger partial charge on any atom is -0.493 e. The van der Waals surface area contributed by atoms with E-state index in [4.69, 9.17) is 4.74 Å². The summed E-state index contributed by atoms with van der Waals surface area (Å²) in [5, 5.41) is 14.8. The fourth-order valence-corrected chi connectivity index (χ4v) is 6.04. The van der Waals surface area contributed by atoms with Gasteiger partial charge < -0.3 is 19.6 Å². The maximum atomic E-state index is 13.7. The molecule has 0 saturated carbocycles. The number of benzene rings is 1. The standard InChI is InChI=1S/C30H45N5O4/c1-4-5-15-33(16-7-6-14-32(2)3)28(36)22-34-21-25(23-9-10-27-24(20-23)12-19-39-27)29(30(37)38)26(34)11-18-35-17-8-13-31-35/h8-10,13,17,20,25-26,29H,4-7,11-12,14-16,18-19,21-22H2,1-3H3,(H,37,38). The molecule has 0 spiro atoms. The Hall–Kier alpha value is -2.91. The highest BCUT2D eigenvalue weighted by molar-refractivity contribution is 5.79. The molecule has 0 aliphatic carbocycles. The number of rotatable bonds is 15. The number of carboxylic acids is 1. The molecular weight excluding hydrogens is 494 g/mol. The van der Waals surface area contributed by atoms with Crippen LogP contribution in [0.25, 0.3) is 0 Å². The lowest BCUT2D eigenvalue weighted by Gasteiger charge is -2.30. The van der Waals surface area contributed by atoms with Gasteiger partial charge in [-0.05, 0) is 69.6 Å². The Labute approximate surface area is 232 Å². The molecule has 214 valence electrons. The molecule has 2 aromatic rings. The highest BCUT2D eigenvalue weighted by Gasteiger charge is 2.47. The van der Waals surface area contributed by atoms with Crippen molar-refractivity contribution in [2.45, 2.75) is 64.0 Å². The molecule has 1 saturated heterocycles. The number of carbonyl (C=O) groups excluding carboxylic acids is 1. The first kappa shape index (κ1) is 29.1. The molecule has 39 heavy (non-hydrogen) atoms. The van der Waals surface area contributed by atoms with Gasteiger partial charge in [0.05, 0.1) is 19.1 Å². The maximum absolute atomic E-state index is 13.7. The summed E-state index contributed by atoms with van der Waals surface area (Å²) in [7, 11) is 4.14. The quantitative estimate of drug-likeness (QED) is 0.347. The molecular formula is C30H45N5O4. The second-order valence-electron chi connectivity index (χ2n) is 11.2. The van der Waals surface area contributed by atoms with Gasteiger partial charge in [0.25, 0.3) is 0 Å². The first-order valence-electron chi connectivity index (χ1n) is 14.5. The number of hydrogen-bond donors (Lipinski definition) is 1. The van der Waals surface area contributed by atoms with Crippen molar-refractivity contribution >= 4 is 11.9 Å². The number of hydrogen-bond acceptors (Lipinski definition) is 6. The molecule has 1 aromatic carbocycles. The highest BCUT2D eigenvalue weighted by atomic mass is 16.5. The van der Waals surface area contributed by atoms with Crippen molar-refractivity contribution in [1.29, 1.82) is 0 Å². The summed E-state index contributed by atoms with van der Waals surface area (Å²) in [5.74, 6) is -0.592. The molecule has 0 radical (unpaired) electrons. The monoisotopic (exact) mass is 539 g/mol. The van der Waals surface area contributed by atoms with Crippen LogP contribution in [0.5, 0.6) is 5.75 Å². The summed E-state index contributed by atoms with van der Waals surface area (Å²) in [6.45, 7) is 6.72. The molecule has 1 amide bonds. The van der Waals surface area contributed by atoms with E-state index in [9.17, 15) is 14.7 Å². The van der Waals surface area contributed by atoms with E-state index in [0.717, 1.165) is 68.6 Å². The summed E-state index contributed by atoms with van der Waals surface area (Å²) in [5.41, 5.74) is 2.17. The predicted molar refractivity (Wildman–Crippen MR) is 151 cm³/mol. The van der Waals surface area contributed by atoms with Crippen molar-refractivity contribution < 1.29 is 19.4 Å². The fraction of sp³-hybridized carbons (Fsp3) is 0.633. The first-order chi connectivity index (χ1) is 18.9. The number of carbonyl (C=O) groups is 2. The van der Waals surface area contributed by atoms with Gasteiger partial charge >= 0.3 is 5.97 Å². The van der Waals surface area contributed by atoms with E-state index in [0.29, 0.717) is 26.1 Å². The number of amides is 1. The number of carboxylic acid groups (broad SMARTS) is 1. The third-order valence-electron chi connectivity index (χ3n) is 8.14. The second-order valence-corrected chi connectivity index (χ2v) is 11.2. The third kappa shape index (κ3) is 7.60. The number of aliphatic carboxylic acids is 1. The third-order valence-corrected chi connectivity index (χ3v) is 8.14. The molecule has 3 heterocycles. The molecule has 9 heteroatoms. The topological polar surface area (TPSA) is 91.1 Å². The minimum atomic E-state index is -0.802. The molecule has 2 aliphatic rings. The van der Waals surface area contributed by atoms with Crippen LogP contribution in [-0.4, -0.2) is 101 Å². The zero-order valence-corrected chi connectivity index (χ0v) is 23.8. The lowest BCUT2D eigenvalue weighted by atomic mass is 9.83. The van der Waals surface area contributed by atoms with Crippen LogP contribution >= 0.6 is 0 Å². The number of aromatic nitrogens is 2. The zero-order valence-electron chi connectivity index (χ0n) is 23.8. The van der Waals surface area contributed by atoms with Gasteiger partial charge in [0.1, 0.15) is 5.75 Å². The summed E-state index contributed by atoms with van der Waals surface area (Å²) < 4.78 is 7.53. The van der Waals surface area contributed by atoms with Gasteiger partial charge in [-0.3, -0.25) is 19.2 Å². The van der Waals surface area contributed by atoms with Gasteiger partial charge in [0, 0.05) is 57.0 Å². The number of aryl methyl sites for hydroxylation is 1. The fourth-order valence-electron chi connectivity index (χ4n) is 6.04. The molecule has 1 fully saturated rings. The van der Waals surface area contributed by atoms with E-state index in [1.54, 1.807) is 6.20 Å². The van der Waals surface area contributed by atoms with Crippen LogP contribution in [0.15, 0.2) is 36.7 Å². The SMILES string of the molecule is CCCCN(CCCCN(C)C)C(=O)CN1CC(c2ccc3c(c2)CCO3)C(C(=O)O)C1CCn1cccn1. The predicted octanol–water partition coefficient (Wildman–Crippen LogP) is 3.35. The molecule has 9 nitrogen and oxygen atoms in total. The number of nitrogens with zero attached hydrogens (tertiary/aromatic N) is 5. The summed E-state index contributed by atoms with van der Waals surface area (Å²) in [6, 6.07) is 7.73. The van der Waals surface area contributed by atoms with E-state index < -0.39 is 11.9 Å². The van der Waals surface area contributed by atoms with E-state index in [2.05, 4.69) is 42.0 Å². The van der Waals surface area contributed by atoms with Crippen molar-refractivity contribution in [1.82, 2.24) is 24.5 Å². The largest absolute Gasteiger partial charge is 0.493 e. The van der Waals surface area contributed by atoms with Crippen LogP contribution in [0.3, 0.4) is 0 Å². The van der Waals surface area contributed by atoms with Crippen molar-refractivity contribution in [2.75, 3.05) is 53.4 Å². The average molecular weight is 540 g/mol. The molecule has 4 rings (SSSR count). The van der Waals surface area contributed by atoms with Crippen LogP contribution in [0.1, 0.15) is 56.1 Å². The van der Waals surface area contributed by atoms with Crippen molar-refractivity contribution in [3.8, 4) is 5.75 Å². The Morgan fingerprint density at radius 2 is 1.95 bits per heavy atom. The van der Waals surface area contributed by atoms with E-state index in [1.165, 1.54) is 0 Å². The number of unbranched alkanes of at least 4 members (excludes halogenated alkanes) is 2. The number of fused-ring (bicyclic) bond motifs is 1. The summed E-state index contributed by atoms with van der Waals surface area (Å²) in [4.78, 5) is 32.7. The van der Waals surface area contributed by atoms with Crippen molar-refractivity contribution in [3.63, 3.8) is 0 Å². The average Bonchev–Trinajstić information content (AvgIpc) is 3.66. The molecule has 1 aromatic heterocycles. The van der Waals surface area contributed by atoms with Gasteiger partial charge in [0.2, 0.25) is 5.91 Å². The smallest absolute Gasteiger partial charge is 0.308 e. The lowest BCUT2D eigenvalue weighted by Crippen LogP contribution is -2.45. The van der Waals surface area contributed by atoms with Crippen LogP contribution in [0.4, 0.5) is 0 Å². The van der Waals surface area contributed by atoms with E-state index >= 15 is 0 Å². The van der Waals surface area contributed by atoms with Gasteiger partial charge in [0.15, 0.2) is 0 Å². The minimum absolute atomic E-state index is 0.101. The van der Waals surface area contributed by atoms with Crippen LogP contribution in [0.2, 0.25) is 0 Å². The Morgan fingerprint density at radius 3 is 2.67 bits per heavy atom. The Kier molecular flexibility index (Phi) is 10.4. The van der Waals surface area contributed by atoms with Gasteiger partial charge in [-0.25, -0.2) is 0 Å². The molecule has 3 unspecified atom stereocenters. The molecule has 0 bridgehead atoms. The van der Waals surface area contributed by atoms with Crippen molar-refractivity contribution in [2.24, 2.45) is 5.92 Å². The highest BCUT2D eigenvalue weighted by Crippen LogP contribution is 2.41. The molecule has 3 atom stereocenters. The van der Waals surface area contributed by atoms with Gasteiger partial charge in [-0.2, -0.15) is 5.10 Å². The second kappa shape index (κ2) is 13.9. The summed E-state index contributed by atoms with van der Waals surface area (Å²) in [6.07, 6.45) is 9.12. The maximum Gasteiger partial charge on any atom is 0.308 e. The Balaban J connectivity index is 1.53. The summed E-state index contributed by atoms with van der Waals surface area (Å²) >= 11 is 0. The Morgan fingerprint density at radius 1 is 1.15 bits per heavy atom. The number of ether oxygens (including phenoxy) is 1. The van der Waals surface area contributed by atoms with Crippen LogP contribution in [0, 0.1) is 5.92 Å². The van der Waals surface area contributed by atoms with Crippen LogP contribution < -0.4 is 4.74 Å². The first-order valence-corrected chi connectivity index (χ1v) is 14.5. The van der Waals surface area contributed by atoms with E-state index in [1.807, 2.05) is 34.0 Å². The molecule has 1 N–H and O–H groups in total. The Bertz CT molecular complexity index is 1070. The normalized spacial score (nSPS) is 20.8. The lowest BCUT2D eigenvalue weighted by molar-refractivity contribution is -0.144. The van der Waals surface area contributed by atoms with Crippen LogP contribution in [-0.2, 0) is 22.6 Å². The zero-order chi connectivity index (χ0) is 27.8. The van der Waals surface area contributed by atoms with Crippen molar-refractivity contribution in [3.05, 3.63) is 47.8 Å². The number of likely N-dealkylation sites (tertiary alicyclic amines) is 1.